The summed E-state index contributed by atoms with van der Waals surface area (Å²) >= 11 is 0. The molecule has 12 rings (SSSR count). The quantitative estimate of drug-likeness (QED) is 0.0794. The third-order valence-corrected chi connectivity index (χ3v) is 16.5. The highest BCUT2D eigenvalue weighted by molar-refractivity contribution is 5.95. The number of rotatable bonds is 18. The van der Waals surface area contributed by atoms with Crippen molar-refractivity contribution in [1.29, 1.82) is 0 Å². The predicted molar refractivity (Wildman–Crippen MR) is 380 cm³/mol. The maximum Gasteiger partial charge on any atom is 0.0540 e. The van der Waals surface area contributed by atoms with Crippen molar-refractivity contribution in [2.24, 2.45) is 0 Å². The average Bonchev–Trinajstić information content (AvgIpc) is 3.08. The monoisotopic (exact) mass is 1140 g/mol. The molecule has 0 aromatic heterocycles. The number of aryl methyl sites for hydroxylation is 6. The lowest BCUT2D eigenvalue weighted by atomic mass is 9.94. The second-order valence-corrected chi connectivity index (χ2v) is 22.5. The lowest BCUT2D eigenvalue weighted by molar-refractivity contribution is 1.22. The van der Waals surface area contributed by atoms with Crippen LogP contribution in [0, 0.1) is 41.5 Å². The first-order valence-corrected chi connectivity index (χ1v) is 30.3. The minimum atomic E-state index is 1.05. The van der Waals surface area contributed by atoms with E-state index in [0.29, 0.717) is 0 Å². The van der Waals surface area contributed by atoms with Crippen LogP contribution in [0.15, 0.2) is 291 Å². The van der Waals surface area contributed by atoms with E-state index < -0.39 is 0 Å². The van der Waals surface area contributed by atoms with E-state index in [1.165, 1.54) is 33.4 Å². The fourth-order valence-electron chi connectivity index (χ4n) is 11.8. The van der Waals surface area contributed by atoms with E-state index in [1.54, 1.807) is 0 Å². The molecule has 0 spiro atoms. The fraction of sp³-hybridized carbons (Fsp3) is 0.0714. The van der Waals surface area contributed by atoms with Gasteiger partial charge in [0.05, 0.1) is 5.69 Å². The Hall–Kier alpha value is -10.9. The molecule has 88 heavy (non-hydrogen) atoms. The number of benzene rings is 12. The summed E-state index contributed by atoms with van der Waals surface area (Å²) < 4.78 is 0. The summed E-state index contributed by atoms with van der Waals surface area (Å²) in [4.78, 5) is 9.50. The molecule has 4 nitrogen and oxygen atoms in total. The fourth-order valence-corrected chi connectivity index (χ4v) is 11.8. The van der Waals surface area contributed by atoms with E-state index in [-0.39, 0.29) is 0 Å². The Kier molecular flexibility index (Phi) is 17.3. The van der Waals surface area contributed by atoms with Crippen LogP contribution in [0.4, 0.5) is 68.2 Å². The van der Waals surface area contributed by atoms with Gasteiger partial charge < -0.3 is 19.6 Å². The molecule has 12 aromatic rings. The summed E-state index contributed by atoms with van der Waals surface area (Å²) in [5.74, 6) is 0. The molecule has 0 saturated heterocycles. The van der Waals surface area contributed by atoms with E-state index in [9.17, 15) is 0 Å². The summed E-state index contributed by atoms with van der Waals surface area (Å²) in [6.45, 7) is 13.1. The second-order valence-electron chi connectivity index (χ2n) is 22.5. The molecule has 0 unspecified atom stereocenters. The van der Waals surface area contributed by atoms with Crippen LogP contribution in [0.2, 0.25) is 0 Å². The molecular weight excluding hydrogens is 1060 g/mol. The van der Waals surface area contributed by atoms with Gasteiger partial charge in [0.25, 0.3) is 0 Å². The van der Waals surface area contributed by atoms with Gasteiger partial charge in [-0.3, -0.25) is 0 Å². The summed E-state index contributed by atoms with van der Waals surface area (Å²) in [5, 5.41) is 0. The van der Waals surface area contributed by atoms with Crippen LogP contribution >= 0.6 is 0 Å². The van der Waals surface area contributed by atoms with E-state index in [1.807, 2.05) is 0 Å². The zero-order valence-corrected chi connectivity index (χ0v) is 51.0. The molecule has 0 heterocycles. The molecule has 0 N–H and O–H groups in total. The van der Waals surface area contributed by atoms with Crippen LogP contribution in [-0.4, -0.2) is 0 Å². The molecule has 0 radical (unpaired) electrons. The first-order valence-electron chi connectivity index (χ1n) is 30.3. The Morgan fingerprint density at radius 2 is 0.432 bits per heavy atom. The van der Waals surface area contributed by atoms with Gasteiger partial charge in [0.15, 0.2) is 0 Å². The Morgan fingerprint density at radius 1 is 0.182 bits per heavy atom. The van der Waals surface area contributed by atoms with Gasteiger partial charge in [-0.25, -0.2) is 0 Å². The second kappa shape index (κ2) is 26.5. The molecule has 0 amide bonds. The predicted octanol–water partition coefficient (Wildman–Crippen LogP) is 23.9. The average molecular weight is 1140 g/mol. The first-order chi connectivity index (χ1) is 43.2. The standard InChI is InChI=1S/C84H72N4/c1-61-25-13-19-35-78(61)86(79-36-20-14-26-62(79)2)73-52-42-67(43-53-73)41-50-70-51-60-84(85(71-31-9-7-10-32-71)72-33-11-8-12-34-72)77(59-49-69-46-56-75(57-47-69)88(82-39-23-17-29-65(82)5)83-40-24-18-30-66(83)6)76(70)58-48-68-44-54-74(55-45-68)87(80-37-21-15-27-63(80)3)81-38-22-16-28-64(81)4/h7-60H,1-6H3/b50-41+,58-48+,59-49+. The van der Waals surface area contributed by atoms with Crippen LogP contribution < -0.4 is 19.6 Å². The van der Waals surface area contributed by atoms with Crippen LogP contribution in [0.1, 0.15) is 66.8 Å². The molecule has 0 saturated carbocycles. The Labute approximate surface area is 520 Å². The molecular formula is C84H72N4. The number of anilines is 12. The minimum Gasteiger partial charge on any atom is -0.310 e. The van der Waals surface area contributed by atoms with Gasteiger partial charge in [-0.05, 0) is 206 Å². The zero-order valence-electron chi connectivity index (χ0n) is 51.0. The van der Waals surface area contributed by atoms with Crippen molar-refractivity contribution in [1.82, 2.24) is 0 Å². The van der Waals surface area contributed by atoms with Gasteiger partial charge in [0, 0.05) is 68.1 Å². The highest BCUT2D eigenvalue weighted by Gasteiger charge is 2.22. The summed E-state index contributed by atoms with van der Waals surface area (Å²) in [6.07, 6.45) is 13.7. The van der Waals surface area contributed by atoms with Crippen LogP contribution in [0.3, 0.4) is 0 Å². The van der Waals surface area contributed by atoms with Gasteiger partial charge in [0.1, 0.15) is 0 Å². The smallest absolute Gasteiger partial charge is 0.0540 e. The van der Waals surface area contributed by atoms with Gasteiger partial charge in [-0.1, -0.05) is 225 Å². The lowest BCUT2D eigenvalue weighted by Gasteiger charge is -2.29. The molecule has 12 aromatic carbocycles. The van der Waals surface area contributed by atoms with Crippen molar-refractivity contribution >= 4 is 105 Å². The minimum absolute atomic E-state index is 1.05. The van der Waals surface area contributed by atoms with E-state index in [4.69, 9.17) is 0 Å². The van der Waals surface area contributed by atoms with Crippen LogP contribution in [-0.2, 0) is 0 Å². The third kappa shape index (κ3) is 12.6. The normalized spacial score (nSPS) is 11.4. The van der Waals surface area contributed by atoms with E-state index >= 15 is 0 Å². The lowest BCUT2D eigenvalue weighted by Crippen LogP contribution is -2.12. The summed E-state index contributed by atoms with van der Waals surface area (Å²) in [6, 6.07) is 105. The molecule has 0 aliphatic heterocycles. The SMILES string of the molecule is Cc1ccccc1N(c1ccc(/C=C/c2ccc(N(c3ccccc3)c3ccccc3)c(/C=C/c3ccc(N(c4ccccc4C)c4ccccc4C)cc3)c2/C=C/c2ccc(N(c3ccccc3C)c3ccccc3C)cc2)cc1)c1ccccc1C. The van der Waals surface area contributed by atoms with E-state index in [0.717, 1.165) is 102 Å². The number of para-hydroxylation sites is 8. The Bertz CT molecular complexity index is 4270. The third-order valence-electron chi connectivity index (χ3n) is 16.5. The van der Waals surface area contributed by atoms with Crippen molar-refractivity contribution in [3.63, 3.8) is 0 Å². The maximum absolute atomic E-state index is 2.38. The number of nitrogens with zero attached hydrogens (tertiary/aromatic N) is 4. The van der Waals surface area contributed by atoms with Crippen molar-refractivity contribution < 1.29 is 0 Å². The highest BCUT2D eigenvalue weighted by Crippen LogP contribution is 2.44. The van der Waals surface area contributed by atoms with Gasteiger partial charge in [-0.15, -0.1) is 0 Å². The topological polar surface area (TPSA) is 13.0 Å². The van der Waals surface area contributed by atoms with Crippen molar-refractivity contribution in [2.45, 2.75) is 41.5 Å². The molecule has 0 aliphatic rings. The molecule has 0 fully saturated rings. The largest absolute Gasteiger partial charge is 0.310 e. The Morgan fingerprint density at radius 3 is 0.727 bits per heavy atom. The van der Waals surface area contributed by atoms with Gasteiger partial charge in [0.2, 0.25) is 0 Å². The van der Waals surface area contributed by atoms with Crippen molar-refractivity contribution in [3.8, 4) is 0 Å². The molecule has 0 bridgehead atoms. The number of hydrogen-bond acceptors (Lipinski definition) is 4. The zero-order chi connectivity index (χ0) is 60.3. The first kappa shape index (κ1) is 57.5. The molecule has 0 atom stereocenters. The molecule has 4 heteroatoms. The number of hydrogen-bond donors (Lipinski definition) is 0. The van der Waals surface area contributed by atoms with Crippen LogP contribution in [0.5, 0.6) is 0 Å². The summed E-state index contributed by atoms with van der Waals surface area (Å²) in [7, 11) is 0. The molecule has 428 valence electrons. The highest BCUT2D eigenvalue weighted by atomic mass is 15.2. The molecule has 0 aliphatic carbocycles. The van der Waals surface area contributed by atoms with Crippen molar-refractivity contribution in [2.75, 3.05) is 19.6 Å². The van der Waals surface area contributed by atoms with Gasteiger partial charge >= 0.3 is 0 Å². The maximum atomic E-state index is 2.38. The van der Waals surface area contributed by atoms with Crippen LogP contribution in [0.25, 0.3) is 36.5 Å². The van der Waals surface area contributed by atoms with Crippen molar-refractivity contribution in [3.05, 3.63) is 358 Å². The summed E-state index contributed by atoms with van der Waals surface area (Å²) in [5.41, 5.74) is 27.1. The van der Waals surface area contributed by atoms with E-state index in [2.05, 4.69) is 389 Å². The Balaban J connectivity index is 1.00. The van der Waals surface area contributed by atoms with Gasteiger partial charge in [-0.2, -0.15) is 0 Å².